The van der Waals surface area contributed by atoms with Crippen LogP contribution in [0.25, 0.3) is 0 Å². The SMILES string of the molecule is COc1ccc(CCC(=O)NCCC(=O)O)cc1.O=C(O)CCC(=O)NCCc1ccccc1.O=C(O)CCNC(=O)CCc1ccc(O)cc1.O=C(O)CCNC(=O)CCc1ccccc1. The van der Waals surface area contributed by atoms with Crippen molar-refractivity contribution in [3.05, 3.63) is 131 Å². The summed E-state index contributed by atoms with van der Waals surface area (Å²) in [7, 11) is 1.60. The molecule has 0 atom stereocenters. The molecule has 9 N–H and O–H groups in total. The third-order valence-electron chi connectivity index (χ3n) is 8.99. The van der Waals surface area contributed by atoms with Crippen LogP contribution in [0.1, 0.15) is 73.6 Å². The molecule has 0 saturated heterocycles. The number of amides is 4. The van der Waals surface area contributed by atoms with E-state index in [2.05, 4.69) is 21.3 Å². The van der Waals surface area contributed by atoms with Gasteiger partial charge in [0, 0.05) is 51.9 Å². The number of aryl methyl sites for hydroxylation is 3. The maximum Gasteiger partial charge on any atom is 0.305 e. The summed E-state index contributed by atoms with van der Waals surface area (Å²) in [6, 6.07) is 33.7. The molecule has 0 radical (unpaired) electrons. The van der Waals surface area contributed by atoms with Crippen molar-refractivity contribution in [3.63, 3.8) is 0 Å². The number of carbonyl (C=O) groups excluding carboxylic acids is 4. The minimum atomic E-state index is -0.946. The molecule has 4 rings (SSSR count). The Labute approximate surface area is 389 Å². The smallest absolute Gasteiger partial charge is 0.305 e. The van der Waals surface area contributed by atoms with Crippen LogP contribution in [0, 0.1) is 0 Å². The van der Waals surface area contributed by atoms with Gasteiger partial charge in [-0.1, -0.05) is 84.9 Å². The normalized spacial score (nSPS) is 9.81. The summed E-state index contributed by atoms with van der Waals surface area (Å²) < 4.78 is 5.04. The summed E-state index contributed by atoms with van der Waals surface area (Å²) in [5, 5.41) is 53.0. The number of carboxylic acids is 4. The van der Waals surface area contributed by atoms with Crippen LogP contribution >= 0.6 is 0 Å². The van der Waals surface area contributed by atoms with E-state index in [-0.39, 0.29) is 81.1 Å². The molecule has 0 aliphatic heterocycles. The first-order chi connectivity index (χ1) is 32.1. The van der Waals surface area contributed by atoms with Crippen molar-refractivity contribution in [2.75, 3.05) is 33.3 Å². The number of methoxy groups -OCH3 is 1. The maximum atomic E-state index is 11.4. The number of phenolic OH excluding ortho intramolecular Hbond substituents is 1. The highest BCUT2D eigenvalue weighted by atomic mass is 16.5. The average molecular weight is 931 g/mol. The average Bonchev–Trinajstić information content (AvgIpc) is 3.30. The van der Waals surface area contributed by atoms with E-state index in [1.165, 1.54) is 0 Å². The second kappa shape index (κ2) is 35.6. The zero-order valence-corrected chi connectivity index (χ0v) is 37.6. The summed E-state index contributed by atoms with van der Waals surface area (Å²) in [6.45, 7) is 1.08. The largest absolute Gasteiger partial charge is 0.508 e. The van der Waals surface area contributed by atoms with Gasteiger partial charge in [0.15, 0.2) is 0 Å². The van der Waals surface area contributed by atoms with E-state index >= 15 is 0 Å². The molecule has 4 aromatic rings. The molecule has 67 heavy (non-hydrogen) atoms. The number of rotatable bonds is 25. The lowest BCUT2D eigenvalue weighted by Gasteiger charge is -2.04. The quantitative estimate of drug-likeness (QED) is 0.0441. The summed E-state index contributed by atoms with van der Waals surface area (Å²) in [5.74, 6) is -3.32. The molecule has 4 aromatic carbocycles. The Hall–Kier alpha value is -7.76. The van der Waals surface area contributed by atoms with Crippen molar-refractivity contribution < 1.29 is 68.6 Å². The number of ether oxygens (including phenoxy) is 1. The van der Waals surface area contributed by atoms with Gasteiger partial charge < -0.3 is 51.5 Å². The molecule has 0 heterocycles. The molecule has 0 aliphatic rings. The van der Waals surface area contributed by atoms with Gasteiger partial charge in [0.2, 0.25) is 23.6 Å². The van der Waals surface area contributed by atoms with E-state index in [1.807, 2.05) is 84.9 Å². The van der Waals surface area contributed by atoms with Crippen LogP contribution in [-0.2, 0) is 64.0 Å². The molecule has 0 unspecified atom stereocenters. The van der Waals surface area contributed by atoms with Crippen LogP contribution in [0.3, 0.4) is 0 Å². The molecule has 0 bridgehead atoms. The fourth-order valence-corrected chi connectivity index (χ4v) is 5.36. The number of hydrogen-bond donors (Lipinski definition) is 9. The fourth-order valence-electron chi connectivity index (χ4n) is 5.36. The van der Waals surface area contributed by atoms with Crippen molar-refractivity contribution in [3.8, 4) is 11.5 Å². The number of carbonyl (C=O) groups is 8. The topological polar surface area (TPSA) is 295 Å². The first-order valence-electron chi connectivity index (χ1n) is 21.5. The Morgan fingerprint density at radius 1 is 0.373 bits per heavy atom. The Balaban J connectivity index is 0.000000447. The Morgan fingerprint density at radius 2 is 0.687 bits per heavy atom. The van der Waals surface area contributed by atoms with Crippen molar-refractivity contribution in [2.24, 2.45) is 0 Å². The van der Waals surface area contributed by atoms with E-state index < -0.39 is 23.9 Å². The molecular formula is C49H62N4O14. The zero-order valence-electron chi connectivity index (χ0n) is 37.6. The van der Waals surface area contributed by atoms with Crippen molar-refractivity contribution >= 4 is 47.5 Å². The number of hydrogen-bond acceptors (Lipinski definition) is 10. The van der Waals surface area contributed by atoms with E-state index in [0.717, 1.165) is 34.4 Å². The van der Waals surface area contributed by atoms with Crippen molar-refractivity contribution in [2.45, 2.75) is 77.0 Å². The molecule has 18 heteroatoms. The minimum Gasteiger partial charge on any atom is -0.508 e. The highest BCUT2D eigenvalue weighted by molar-refractivity contribution is 5.80. The summed E-state index contributed by atoms with van der Waals surface area (Å²) in [4.78, 5) is 86.1. The molecule has 0 aromatic heterocycles. The lowest BCUT2D eigenvalue weighted by molar-refractivity contribution is -0.139. The van der Waals surface area contributed by atoms with Gasteiger partial charge in [0.1, 0.15) is 11.5 Å². The van der Waals surface area contributed by atoms with Gasteiger partial charge in [-0.3, -0.25) is 38.4 Å². The Kier molecular flexibility index (Phi) is 30.4. The predicted molar refractivity (Wildman–Crippen MR) is 248 cm³/mol. The van der Waals surface area contributed by atoms with Crippen molar-refractivity contribution in [1.29, 1.82) is 0 Å². The van der Waals surface area contributed by atoms with Gasteiger partial charge >= 0.3 is 23.9 Å². The molecule has 0 aliphatic carbocycles. The number of phenols is 1. The van der Waals surface area contributed by atoms with E-state index in [0.29, 0.717) is 45.1 Å². The lowest BCUT2D eigenvalue weighted by Crippen LogP contribution is -2.26. The summed E-state index contributed by atoms with van der Waals surface area (Å²) >= 11 is 0. The number of aromatic hydroxyl groups is 1. The van der Waals surface area contributed by atoms with Gasteiger partial charge in [0.05, 0.1) is 32.8 Å². The molecular weight excluding hydrogens is 869 g/mol. The van der Waals surface area contributed by atoms with Crippen LogP contribution in [0.4, 0.5) is 0 Å². The number of nitrogens with one attached hydrogen (secondary N) is 4. The minimum absolute atomic E-state index is 0.0307. The maximum absolute atomic E-state index is 11.4. The van der Waals surface area contributed by atoms with Crippen LogP contribution in [0.5, 0.6) is 11.5 Å². The second-order valence-corrected chi connectivity index (χ2v) is 14.5. The van der Waals surface area contributed by atoms with Gasteiger partial charge in [-0.25, -0.2) is 0 Å². The number of aliphatic carboxylic acids is 4. The Bertz CT molecular complexity index is 2080. The molecule has 18 nitrogen and oxygen atoms in total. The van der Waals surface area contributed by atoms with E-state index in [1.54, 1.807) is 31.4 Å². The third-order valence-corrected chi connectivity index (χ3v) is 8.99. The first-order valence-corrected chi connectivity index (χ1v) is 21.5. The highest BCUT2D eigenvalue weighted by Crippen LogP contribution is 2.13. The van der Waals surface area contributed by atoms with Crippen LogP contribution in [0.15, 0.2) is 109 Å². The first kappa shape index (κ1) is 57.3. The second-order valence-electron chi connectivity index (χ2n) is 14.5. The highest BCUT2D eigenvalue weighted by Gasteiger charge is 2.07. The van der Waals surface area contributed by atoms with Crippen molar-refractivity contribution in [1.82, 2.24) is 21.3 Å². The Morgan fingerprint density at radius 3 is 1.04 bits per heavy atom. The lowest BCUT2D eigenvalue weighted by atomic mass is 10.1. The van der Waals surface area contributed by atoms with Gasteiger partial charge in [-0.05, 0) is 72.2 Å². The molecule has 362 valence electrons. The predicted octanol–water partition coefficient (Wildman–Crippen LogP) is 4.55. The number of benzene rings is 4. The van der Waals surface area contributed by atoms with Crippen LogP contribution in [0.2, 0.25) is 0 Å². The molecule has 4 amide bonds. The number of carboxylic acid groups (broad SMARTS) is 4. The fraction of sp³-hybridized carbons (Fsp3) is 0.347. The zero-order chi connectivity index (χ0) is 49.7. The summed E-state index contributed by atoms with van der Waals surface area (Å²) in [6.07, 6.45) is 3.49. The standard InChI is InChI=1S/C13H17NO4.C12H15NO4.2C12H15NO3/c1-18-11-5-2-10(3-6-11)4-7-12(15)14-9-8-13(16)17;14-10-4-1-9(2-5-10)3-6-11(15)13-8-7-12(16)17;14-11(6-7-12(15)16)13-9-8-10-4-2-1-3-5-10;14-11(13-9-8-12(15)16)7-6-10-4-2-1-3-5-10/h2-3,5-6H,4,7-9H2,1H3,(H,14,15)(H,16,17);1-2,4-5,14H,3,6-8H2,(H,13,15)(H,16,17);2*1-5H,6-9H2,(H,13,14)(H,15,16). The van der Waals surface area contributed by atoms with Crippen LogP contribution in [-0.4, -0.2) is 106 Å². The van der Waals surface area contributed by atoms with E-state index in [9.17, 15) is 38.4 Å². The van der Waals surface area contributed by atoms with E-state index in [4.69, 9.17) is 30.3 Å². The monoisotopic (exact) mass is 930 g/mol. The van der Waals surface area contributed by atoms with Crippen LogP contribution < -0.4 is 26.0 Å². The molecule has 0 spiro atoms. The van der Waals surface area contributed by atoms with Gasteiger partial charge in [-0.15, -0.1) is 0 Å². The third kappa shape index (κ3) is 33.4. The van der Waals surface area contributed by atoms with Gasteiger partial charge in [-0.2, -0.15) is 0 Å². The molecule has 0 fully saturated rings. The summed E-state index contributed by atoms with van der Waals surface area (Å²) in [5.41, 5.74) is 4.26. The molecule has 0 saturated carbocycles. The van der Waals surface area contributed by atoms with Gasteiger partial charge in [0.25, 0.3) is 0 Å².